The number of hydrogen-bond acceptors (Lipinski definition) is 3. The normalized spacial score (nSPS) is 18.9. The number of nitrogens with one attached hydrogen (secondary N) is 1. The number of nitrogens with zero attached hydrogens (tertiary/aromatic N) is 1. The molecule has 0 saturated carbocycles. The molecule has 7 heteroatoms. The summed E-state index contributed by atoms with van der Waals surface area (Å²) in [6, 6.07) is 9.39. The lowest BCUT2D eigenvalue weighted by atomic mass is 10.1. The van der Waals surface area contributed by atoms with Crippen molar-refractivity contribution in [3.63, 3.8) is 0 Å². The van der Waals surface area contributed by atoms with E-state index >= 15 is 0 Å². The molecule has 0 aliphatic carbocycles. The lowest BCUT2D eigenvalue weighted by Gasteiger charge is -2.28. The van der Waals surface area contributed by atoms with E-state index in [1.165, 1.54) is 4.31 Å². The standard InChI is InChI=1S/C13H19ClN2O3S/c14-11-13(10-12-4-2-1-3-5-12)15-20(17,18)16-6-8-19-9-7-16/h1-5,13,15H,6-11H2. The molecule has 1 N–H and O–H groups in total. The lowest BCUT2D eigenvalue weighted by molar-refractivity contribution is 0.0723. The predicted molar refractivity (Wildman–Crippen MR) is 79.1 cm³/mol. The maximum atomic E-state index is 12.2. The van der Waals surface area contributed by atoms with Crippen molar-refractivity contribution in [2.24, 2.45) is 0 Å². The monoisotopic (exact) mass is 318 g/mol. The fraction of sp³-hybridized carbons (Fsp3) is 0.538. The average Bonchev–Trinajstić information content (AvgIpc) is 2.48. The number of rotatable bonds is 6. The zero-order valence-electron chi connectivity index (χ0n) is 11.2. The molecule has 1 fully saturated rings. The fourth-order valence-electron chi connectivity index (χ4n) is 2.10. The highest BCUT2D eigenvalue weighted by Gasteiger charge is 2.26. The minimum atomic E-state index is -3.50. The number of halogens is 1. The Bertz CT molecular complexity index is 504. The molecule has 1 aromatic rings. The van der Waals surface area contributed by atoms with Crippen molar-refractivity contribution in [3.8, 4) is 0 Å². The van der Waals surface area contributed by atoms with Gasteiger partial charge in [0.25, 0.3) is 10.2 Å². The average molecular weight is 319 g/mol. The molecule has 1 aliphatic rings. The van der Waals surface area contributed by atoms with Crippen LogP contribution in [0.3, 0.4) is 0 Å². The summed E-state index contributed by atoms with van der Waals surface area (Å²) < 4.78 is 33.7. The quantitative estimate of drug-likeness (QED) is 0.796. The number of benzene rings is 1. The molecule has 112 valence electrons. The van der Waals surface area contributed by atoms with Gasteiger partial charge in [-0.25, -0.2) is 0 Å². The molecule has 2 rings (SSSR count). The van der Waals surface area contributed by atoms with Crippen LogP contribution in [0.1, 0.15) is 5.56 Å². The van der Waals surface area contributed by atoms with E-state index < -0.39 is 10.2 Å². The van der Waals surface area contributed by atoms with Gasteiger partial charge in [-0.1, -0.05) is 30.3 Å². The first-order valence-corrected chi connectivity index (χ1v) is 8.54. The molecule has 1 saturated heterocycles. The Labute approximate surface area is 125 Å². The van der Waals surface area contributed by atoms with E-state index in [9.17, 15) is 8.42 Å². The van der Waals surface area contributed by atoms with Crippen molar-refractivity contribution in [3.05, 3.63) is 35.9 Å². The van der Waals surface area contributed by atoms with Gasteiger partial charge in [0.1, 0.15) is 0 Å². The molecule has 0 amide bonds. The third kappa shape index (κ3) is 4.43. The van der Waals surface area contributed by atoms with E-state index in [1.807, 2.05) is 30.3 Å². The molecule has 5 nitrogen and oxygen atoms in total. The summed E-state index contributed by atoms with van der Waals surface area (Å²) in [5.74, 6) is 0.235. The highest BCUT2D eigenvalue weighted by Crippen LogP contribution is 2.09. The Morgan fingerprint density at radius 3 is 2.50 bits per heavy atom. The second-order valence-corrected chi connectivity index (χ2v) is 6.69. The van der Waals surface area contributed by atoms with Crippen LogP contribution in [0.5, 0.6) is 0 Å². The molecule has 0 spiro atoms. The van der Waals surface area contributed by atoms with Crippen LogP contribution in [0.4, 0.5) is 0 Å². The minimum absolute atomic E-state index is 0.235. The van der Waals surface area contributed by atoms with E-state index in [0.717, 1.165) is 5.56 Å². The molecule has 0 bridgehead atoms. The minimum Gasteiger partial charge on any atom is -0.379 e. The van der Waals surface area contributed by atoms with E-state index in [0.29, 0.717) is 32.7 Å². The molecule has 0 radical (unpaired) electrons. The molecule has 20 heavy (non-hydrogen) atoms. The highest BCUT2D eigenvalue weighted by atomic mass is 35.5. The first-order valence-electron chi connectivity index (χ1n) is 6.57. The molecule has 0 aromatic heterocycles. The van der Waals surface area contributed by atoms with Gasteiger partial charge in [0, 0.05) is 25.0 Å². The summed E-state index contributed by atoms with van der Waals surface area (Å²) >= 11 is 5.89. The summed E-state index contributed by atoms with van der Waals surface area (Å²) in [5.41, 5.74) is 1.06. The first-order chi connectivity index (χ1) is 9.62. The van der Waals surface area contributed by atoms with Gasteiger partial charge in [0.15, 0.2) is 0 Å². The number of hydrogen-bond donors (Lipinski definition) is 1. The van der Waals surface area contributed by atoms with Gasteiger partial charge in [-0.05, 0) is 12.0 Å². The Morgan fingerprint density at radius 2 is 1.90 bits per heavy atom. The topological polar surface area (TPSA) is 58.6 Å². The van der Waals surface area contributed by atoms with E-state index in [1.54, 1.807) is 0 Å². The fourth-order valence-corrected chi connectivity index (χ4v) is 3.74. The summed E-state index contributed by atoms with van der Waals surface area (Å²) in [6.45, 7) is 1.64. The van der Waals surface area contributed by atoms with Gasteiger partial charge in [0.2, 0.25) is 0 Å². The molecular weight excluding hydrogens is 300 g/mol. The van der Waals surface area contributed by atoms with E-state index in [-0.39, 0.29) is 11.9 Å². The van der Waals surface area contributed by atoms with E-state index in [4.69, 9.17) is 16.3 Å². The van der Waals surface area contributed by atoms with Crippen LogP contribution in [0.2, 0.25) is 0 Å². The van der Waals surface area contributed by atoms with Crippen LogP contribution >= 0.6 is 11.6 Å². The molecular formula is C13H19ClN2O3S. The van der Waals surface area contributed by atoms with E-state index in [2.05, 4.69) is 4.72 Å². The van der Waals surface area contributed by atoms with Crippen molar-refractivity contribution < 1.29 is 13.2 Å². The van der Waals surface area contributed by atoms with Gasteiger partial charge in [-0.3, -0.25) is 0 Å². The second kappa shape index (κ2) is 7.38. The zero-order valence-corrected chi connectivity index (χ0v) is 12.7. The number of alkyl halides is 1. The van der Waals surface area contributed by atoms with Crippen molar-refractivity contribution in [1.82, 2.24) is 9.03 Å². The van der Waals surface area contributed by atoms with Crippen LogP contribution in [-0.4, -0.2) is 50.9 Å². The summed E-state index contributed by atoms with van der Waals surface area (Å²) in [4.78, 5) is 0. The van der Waals surface area contributed by atoms with Gasteiger partial charge in [0.05, 0.1) is 13.2 Å². The van der Waals surface area contributed by atoms with Crippen molar-refractivity contribution in [1.29, 1.82) is 0 Å². The van der Waals surface area contributed by atoms with Crippen molar-refractivity contribution >= 4 is 21.8 Å². The van der Waals surface area contributed by atoms with Crippen LogP contribution in [0, 0.1) is 0 Å². The molecule has 1 unspecified atom stereocenters. The smallest absolute Gasteiger partial charge is 0.279 e. The second-order valence-electron chi connectivity index (χ2n) is 4.68. The highest BCUT2D eigenvalue weighted by molar-refractivity contribution is 7.87. The van der Waals surface area contributed by atoms with Crippen LogP contribution in [0.15, 0.2) is 30.3 Å². The Hall–Kier alpha value is -0.660. The summed E-state index contributed by atoms with van der Waals surface area (Å²) in [6.07, 6.45) is 0.577. The van der Waals surface area contributed by atoms with Gasteiger partial charge in [-0.2, -0.15) is 17.4 Å². The maximum absolute atomic E-state index is 12.2. The number of morpholine rings is 1. The van der Waals surface area contributed by atoms with Gasteiger partial charge in [-0.15, -0.1) is 11.6 Å². The molecule has 1 atom stereocenters. The summed E-state index contributed by atoms with van der Waals surface area (Å²) in [5, 5.41) is 0. The van der Waals surface area contributed by atoms with Crippen molar-refractivity contribution in [2.45, 2.75) is 12.5 Å². The number of ether oxygens (including phenoxy) is 1. The molecule has 1 aliphatic heterocycles. The molecule has 1 aromatic carbocycles. The lowest BCUT2D eigenvalue weighted by Crippen LogP contribution is -2.50. The third-order valence-electron chi connectivity index (χ3n) is 3.14. The van der Waals surface area contributed by atoms with Crippen LogP contribution in [0.25, 0.3) is 0 Å². The van der Waals surface area contributed by atoms with Gasteiger partial charge < -0.3 is 4.74 Å². The van der Waals surface area contributed by atoms with Gasteiger partial charge >= 0.3 is 0 Å². The maximum Gasteiger partial charge on any atom is 0.279 e. The molecule has 1 heterocycles. The Balaban J connectivity index is 1.98. The van der Waals surface area contributed by atoms with Crippen LogP contribution in [-0.2, 0) is 21.4 Å². The van der Waals surface area contributed by atoms with Crippen LogP contribution < -0.4 is 4.72 Å². The first kappa shape index (κ1) is 15.7. The Kier molecular flexibility index (Phi) is 5.80. The third-order valence-corrected chi connectivity index (χ3v) is 5.19. The summed E-state index contributed by atoms with van der Waals surface area (Å²) in [7, 11) is -3.50. The largest absolute Gasteiger partial charge is 0.379 e. The predicted octanol–water partition coefficient (Wildman–Crippen LogP) is 1.00. The van der Waals surface area contributed by atoms with Crippen molar-refractivity contribution in [2.75, 3.05) is 32.2 Å². The zero-order chi connectivity index (χ0) is 14.4. The SMILES string of the molecule is O=S(=O)(NC(CCl)Cc1ccccc1)N1CCOCC1. The Morgan fingerprint density at radius 1 is 1.25 bits per heavy atom.